The van der Waals surface area contributed by atoms with E-state index < -0.39 is 19.5 Å². The Morgan fingerprint density at radius 2 is 1.87 bits per heavy atom. The van der Waals surface area contributed by atoms with Crippen LogP contribution in [0.4, 0.5) is 17.6 Å². The Hall–Kier alpha value is -0.780. The van der Waals surface area contributed by atoms with E-state index in [2.05, 4.69) is 15.9 Å². The van der Waals surface area contributed by atoms with Crippen LogP contribution in [0.2, 0.25) is 0 Å². The van der Waals surface area contributed by atoms with E-state index in [0.29, 0.717) is 0 Å². The van der Waals surface area contributed by atoms with E-state index in [1.165, 1.54) is 6.07 Å². The zero-order valence-corrected chi connectivity index (χ0v) is 8.98. The molecule has 0 aliphatic rings. The van der Waals surface area contributed by atoms with Crippen LogP contribution < -0.4 is 4.74 Å². The molecule has 1 aromatic rings. The van der Waals surface area contributed by atoms with Crippen molar-refractivity contribution < 1.29 is 22.3 Å². The molecule has 0 aliphatic heterocycles. The number of hydrogen-bond acceptors (Lipinski definition) is 1. The van der Waals surface area contributed by atoms with E-state index in [-0.39, 0.29) is 15.8 Å². The molecule has 15 heavy (non-hydrogen) atoms. The number of alkyl halides is 4. The molecule has 1 aromatic carbocycles. The van der Waals surface area contributed by atoms with Gasteiger partial charge in [0.2, 0.25) is 0 Å². The molecule has 0 heterocycles. The Labute approximate surface area is 92.2 Å². The molecular weight excluding hydrogens is 280 g/mol. The summed E-state index contributed by atoms with van der Waals surface area (Å²) in [4.78, 5) is 0. The molecule has 84 valence electrons. The van der Waals surface area contributed by atoms with Crippen molar-refractivity contribution in [3.63, 3.8) is 0 Å². The minimum atomic E-state index is -2.59. The zero-order chi connectivity index (χ0) is 11.4. The molecule has 0 bridgehead atoms. The molecule has 0 amide bonds. The Balaban J connectivity index is 2.75. The molecule has 0 radical (unpaired) electrons. The molecule has 0 saturated heterocycles. The van der Waals surface area contributed by atoms with Gasteiger partial charge in [0.15, 0.2) is 0 Å². The fraction of sp³-hybridized carbons (Fsp3) is 0.333. The second-order valence-electron chi connectivity index (χ2n) is 2.69. The maximum Gasteiger partial charge on any atom is 0.272 e. The van der Waals surface area contributed by atoms with Gasteiger partial charge in [-0.1, -0.05) is 0 Å². The average molecular weight is 287 g/mol. The quantitative estimate of drug-likeness (QED) is 0.760. The predicted octanol–water partition coefficient (Wildman–Crippen LogP) is 4.03. The van der Waals surface area contributed by atoms with E-state index in [4.69, 9.17) is 4.74 Å². The molecule has 0 N–H and O–H groups in total. The van der Waals surface area contributed by atoms with Crippen LogP contribution >= 0.6 is 15.9 Å². The van der Waals surface area contributed by atoms with Crippen molar-refractivity contribution in [3.05, 3.63) is 28.2 Å². The minimum absolute atomic E-state index is 0.125. The van der Waals surface area contributed by atoms with Crippen molar-refractivity contribution in [1.29, 1.82) is 0 Å². The second kappa shape index (κ2) is 5.34. The standard InChI is InChI=1S/C9H7BrF4O/c10-6-3-5(9(13)14)1-2-7(6)15-4-8(11)12/h1-3,8-9H,4H2. The summed E-state index contributed by atoms with van der Waals surface area (Å²) in [7, 11) is 0. The lowest BCUT2D eigenvalue weighted by atomic mass is 10.2. The van der Waals surface area contributed by atoms with Crippen LogP contribution in [0.1, 0.15) is 12.0 Å². The number of benzene rings is 1. The lowest BCUT2D eigenvalue weighted by molar-refractivity contribution is 0.0814. The summed E-state index contributed by atoms with van der Waals surface area (Å²) < 4.78 is 52.9. The molecule has 6 heteroatoms. The topological polar surface area (TPSA) is 9.23 Å². The normalized spacial score (nSPS) is 11.1. The maximum atomic E-state index is 12.2. The first-order valence-corrected chi connectivity index (χ1v) is 4.78. The van der Waals surface area contributed by atoms with Gasteiger partial charge in [-0.25, -0.2) is 17.6 Å². The Bertz CT molecular complexity index is 330. The third kappa shape index (κ3) is 3.70. The van der Waals surface area contributed by atoms with Gasteiger partial charge >= 0.3 is 0 Å². The summed E-state index contributed by atoms with van der Waals surface area (Å²) in [5.41, 5.74) is -0.189. The molecule has 0 atom stereocenters. The van der Waals surface area contributed by atoms with Gasteiger partial charge < -0.3 is 4.74 Å². The van der Waals surface area contributed by atoms with Crippen LogP contribution in [0.15, 0.2) is 22.7 Å². The van der Waals surface area contributed by atoms with Crippen LogP contribution in [-0.2, 0) is 0 Å². The second-order valence-corrected chi connectivity index (χ2v) is 3.55. The molecule has 0 aromatic heterocycles. The third-order valence-electron chi connectivity index (χ3n) is 1.57. The number of halogens is 5. The maximum absolute atomic E-state index is 12.2. The predicted molar refractivity (Wildman–Crippen MR) is 50.6 cm³/mol. The number of hydrogen-bond donors (Lipinski definition) is 0. The summed E-state index contributed by atoms with van der Waals surface area (Å²) in [5.74, 6) is 0.125. The van der Waals surface area contributed by atoms with E-state index in [1.54, 1.807) is 0 Å². The Kier molecular flexibility index (Phi) is 4.38. The van der Waals surface area contributed by atoms with E-state index in [0.717, 1.165) is 12.1 Å². The lowest BCUT2D eigenvalue weighted by Gasteiger charge is -2.08. The monoisotopic (exact) mass is 286 g/mol. The zero-order valence-electron chi connectivity index (χ0n) is 7.39. The van der Waals surface area contributed by atoms with Crippen LogP contribution in [0.3, 0.4) is 0 Å². The highest BCUT2D eigenvalue weighted by molar-refractivity contribution is 9.10. The molecule has 1 nitrogen and oxygen atoms in total. The minimum Gasteiger partial charge on any atom is -0.486 e. The summed E-state index contributed by atoms with van der Waals surface area (Å²) >= 11 is 2.96. The van der Waals surface area contributed by atoms with Gasteiger partial charge in [-0.2, -0.15) is 0 Å². The van der Waals surface area contributed by atoms with Crippen molar-refractivity contribution in [1.82, 2.24) is 0 Å². The first-order valence-electron chi connectivity index (χ1n) is 3.99. The number of ether oxygens (including phenoxy) is 1. The highest BCUT2D eigenvalue weighted by Gasteiger charge is 2.11. The van der Waals surface area contributed by atoms with E-state index in [1.807, 2.05) is 0 Å². The van der Waals surface area contributed by atoms with Crippen molar-refractivity contribution in [2.45, 2.75) is 12.9 Å². The van der Waals surface area contributed by atoms with Crippen LogP contribution in [0.5, 0.6) is 5.75 Å². The third-order valence-corrected chi connectivity index (χ3v) is 2.19. The van der Waals surface area contributed by atoms with Gasteiger partial charge in [0.05, 0.1) is 4.47 Å². The fourth-order valence-corrected chi connectivity index (χ4v) is 1.43. The smallest absolute Gasteiger partial charge is 0.272 e. The molecule has 0 saturated carbocycles. The average Bonchev–Trinajstić information content (AvgIpc) is 2.15. The SMILES string of the molecule is FC(F)COc1ccc(C(F)F)cc1Br. The summed E-state index contributed by atoms with van der Waals surface area (Å²) in [6, 6.07) is 3.51. The van der Waals surface area contributed by atoms with E-state index >= 15 is 0 Å². The highest BCUT2D eigenvalue weighted by atomic mass is 79.9. The van der Waals surface area contributed by atoms with Crippen molar-refractivity contribution >= 4 is 15.9 Å². The summed E-state index contributed by atoms with van der Waals surface area (Å²) in [6.45, 7) is -0.757. The lowest BCUT2D eigenvalue weighted by Crippen LogP contribution is -2.07. The molecule has 0 unspecified atom stereocenters. The Morgan fingerprint density at radius 1 is 1.20 bits per heavy atom. The molecule has 0 aliphatic carbocycles. The van der Waals surface area contributed by atoms with Crippen LogP contribution in [-0.4, -0.2) is 13.0 Å². The molecule has 0 spiro atoms. The van der Waals surface area contributed by atoms with Crippen molar-refractivity contribution in [2.24, 2.45) is 0 Å². The summed E-state index contributed by atoms with van der Waals surface area (Å²) in [6.07, 6.45) is -5.18. The number of rotatable bonds is 4. The largest absolute Gasteiger partial charge is 0.486 e. The van der Waals surface area contributed by atoms with Crippen molar-refractivity contribution in [3.8, 4) is 5.75 Å². The van der Waals surface area contributed by atoms with Gasteiger partial charge in [0.25, 0.3) is 12.9 Å². The summed E-state index contributed by atoms with van der Waals surface area (Å²) in [5, 5.41) is 0. The Morgan fingerprint density at radius 3 is 2.33 bits per heavy atom. The molecule has 0 fully saturated rings. The first-order chi connectivity index (χ1) is 7.00. The van der Waals surface area contributed by atoms with Gasteiger partial charge in [-0.15, -0.1) is 0 Å². The van der Waals surface area contributed by atoms with Gasteiger partial charge in [-0.3, -0.25) is 0 Å². The fourth-order valence-electron chi connectivity index (χ4n) is 0.923. The van der Waals surface area contributed by atoms with Gasteiger partial charge in [0.1, 0.15) is 12.4 Å². The van der Waals surface area contributed by atoms with Gasteiger partial charge in [0, 0.05) is 5.56 Å². The van der Waals surface area contributed by atoms with Crippen LogP contribution in [0.25, 0.3) is 0 Å². The van der Waals surface area contributed by atoms with Crippen molar-refractivity contribution in [2.75, 3.05) is 6.61 Å². The molecule has 1 rings (SSSR count). The highest BCUT2D eigenvalue weighted by Crippen LogP contribution is 2.30. The first kappa shape index (κ1) is 12.3. The molecular formula is C9H7BrF4O. The van der Waals surface area contributed by atoms with Crippen LogP contribution in [0, 0.1) is 0 Å². The van der Waals surface area contributed by atoms with E-state index in [9.17, 15) is 17.6 Å². The van der Waals surface area contributed by atoms with Gasteiger partial charge in [-0.05, 0) is 34.1 Å².